The second kappa shape index (κ2) is 6.83. The molecule has 0 unspecified atom stereocenters. The fourth-order valence-electron chi connectivity index (χ4n) is 2.05. The molecule has 0 spiro atoms. The summed E-state index contributed by atoms with van der Waals surface area (Å²) < 4.78 is 1.04. The molecular weight excluding hydrogens is 364 g/mol. The molecule has 1 saturated carbocycles. The highest BCUT2D eigenvalue weighted by Gasteiger charge is 2.27. The van der Waals surface area contributed by atoms with E-state index in [2.05, 4.69) is 31.1 Å². The van der Waals surface area contributed by atoms with Crippen molar-refractivity contribution in [3.63, 3.8) is 0 Å². The number of nitrogens with one attached hydrogen (secondary N) is 1. The molecule has 1 aliphatic carbocycles. The van der Waals surface area contributed by atoms with Crippen molar-refractivity contribution in [2.24, 2.45) is 0 Å². The van der Waals surface area contributed by atoms with Crippen molar-refractivity contribution in [1.29, 1.82) is 0 Å². The van der Waals surface area contributed by atoms with E-state index in [9.17, 15) is 4.79 Å². The van der Waals surface area contributed by atoms with Crippen molar-refractivity contribution in [3.8, 4) is 0 Å². The average Bonchev–Trinajstić information content (AvgIpc) is 3.26. The highest BCUT2D eigenvalue weighted by Crippen LogP contribution is 2.38. The summed E-state index contributed by atoms with van der Waals surface area (Å²) in [6.07, 6.45) is 2.38. The molecule has 116 valence electrons. The van der Waals surface area contributed by atoms with Crippen LogP contribution in [0.2, 0.25) is 0 Å². The maximum absolute atomic E-state index is 12.2. The predicted molar refractivity (Wildman–Crippen MR) is 89.7 cm³/mol. The van der Waals surface area contributed by atoms with Crippen molar-refractivity contribution in [2.75, 3.05) is 12.8 Å². The normalized spacial score (nSPS) is 14.1. The monoisotopic (exact) mass is 380 g/mol. The van der Waals surface area contributed by atoms with Gasteiger partial charge in [-0.15, -0.1) is 5.10 Å². The van der Waals surface area contributed by atoms with E-state index in [4.69, 9.17) is 0 Å². The van der Waals surface area contributed by atoms with Gasteiger partial charge in [-0.05, 0) is 30.5 Å². The first kappa shape index (κ1) is 15.6. The van der Waals surface area contributed by atoms with Crippen LogP contribution in [0, 0.1) is 0 Å². The third-order valence-electron chi connectivity index (χ3n) is 3.53. The number of H-pyrrole nitrogens is 1. The molecule has 0 bridgehead atoms. The number of carbonyl (C=O) groups is 1. The summed E-state index contributed by atoms with van der Waals surface area (Å²) in [5, 5.41) is 7.77. The zero-order valence-electron chi connectivity index (χ0n) is 12.3. The summed E-state index contributed by atoms with van der Waals surface area (Å²) in [6.45, 7) is 0.605. The quantitative estimate of drug-likeness (QED) is 0.781. The molecule has 1 fully saturated rings. The van der Waals surface area contributed by atoms with E-state index in [1.807, 2.05) is 31.3 Å². The van der Waals surface area contributed by atoms with Crippen LogP contribution in [0.15, 0.2) is 33.9 Å². The molecule has 0 atom stereocenters. The summed E-state index contributed by atoms with van der Waals surface area (Å²) in [7, 11) is 1.82. The Bertz CT molecular complexity index is 654. The third-order valence-corrected chi connectivity index (χ3v) is 4.89. The number of benzene rings is 1. The Balaban J connectivity index is 1.48. The molecule has 1 N–H and O–H groups in total. The molecule has 1 aromatic heterocycles. The number of aromatic nitrogens is 3. The summed E-state index contributed by atoms with van der Waals surface area (Å²) in [5.41, 5.74) is 1.11. The molecule has 1 aromatic carbocycles. The van der Waals surface area contributed by atoms with Crippen LogP contribution in [-0.4, -0.2) is 38.8 Å². The van der Waals surface area contributed by atoms with E-state index in [1.54, 1.807) is 4.90 Å². The minimum atomic E-state index is 0.0747. The van der Waals surface area contributed by atoms with Gasteiger partial charge in [-0.2, -0.15) is 0 Å². The summed E-state index contributed by atoms with van der Waals surface area (Å²) in [4.78, 5) is 18.3. The first-order chi connectivity index (χ1) is 10.6. The summed E-state index contributed by atoms with van der Waals surface area (Å²) in [5.74, 6) is 1.94. The van der Waals surface area contributed by atoms with Crippen LogP contribution in [0.5, 0.6) is 0 Å². The topological polar surface area (TPSA) is 61.9 Å². The van der Waals surface area contributed by atoms with Crippen molar-refractivity contribution < 1.29 is 4.79 Å². The number of halogens is 1. The molecular formula is C15H17BrN4OS. The Kier molecular flexibility index (Phi) is 4.83. The van der Waals surface area contributed by atoms with Gasteiger partial charge in [0, 0.05) is 24.0 Å². The first-order valence-electron chi connectivity index (χ1n) is 7.15. The minimum absolute atomic E-state index is 0.0747. The van der Waals surface area contributed by atoms with Crippen molar-refractivity contribution in [1.82, 2.24) is 20.1 Å². The largest absolute Gasteiger partial charge is 0.341 e. The maximum atomic E-state index is 12.2. The number of nitrogens with zero attached hydrogens (tertiary/aromatic N) is 3. The number of amides is 1. The van der Waals surface area contributed by atoms with Gasteiger partial charge < -0.3 is 4.90 Å². The number of aromatic amines is 1. The lowest BCUT2D eigenvalue weighted by Crippen LogP contribution is -2.27. The lowest BCUT2D eigenvalue weighted by Gasteiger charge is -2.16. The predicted octanol–water partition coefficient (Wildman–Crippen LogP) is 3.20. The van der Waals surface area contributed by atoms with Gasteiger partial charge in [0.2, 0.25) is 11.1 Å². The van der Waals surface area contributed by atoms with Gasteiger partial charge >= 0.3 is 0 Å². The fourth-order valence-corrected chi connectivity index (χ4v) is 3.06. The highest BCUT2D eigenvalue weighted by molar-refractivity contribution is 9.10. The van der Waals surface area contributed by atoms with Crippen LogP contribution in [-0.2, 0) is 11.3 Å². The van der Waals surface area contributed by atoms with E-state index < -0.39 is 0 Å². The van der Waals surface area contributed by atoms with Crippen molar-refractivity contribution in [3.05, 3.63) is 40.1 Å². The van der Waals surface area contributed by atoms with E-state index in [1.165, 1.54) is 24.6 Å². The molecule has 2 aromatic rings. The lowest BCUT2D eigenvalue weighted by molar-refractivity contribution is -0.127. The number of thioether (sulfide) groups is 1. The van der Waals surface area contributed by atoms with Gasteiger partial charge in [0.15, 0.2) is 0 Å². The smallest absolute Gasteiger partial charge is 0.233 e. The number of carbonyl (C=O) groups excluding carboxylic acids is 1. The van der Waals surface area contributed by atoms with Gasteiger partial charge in [-0.25, -0.2) is 4.98 Å². The van der Waals surface area contributed by atoms with Crippen LogP contribution in [0.4, 0.5) is 0 Å². The molecule has 0 radical (unpaired) electrons. The zero-order valence-corrected chi connectivity index (χ0v) is 14.7. The molecule has 22 heavy (non-hydrogen) atoms. The second-order valence-corrected chi connectivity index (χ2v) is 7.30. The van der Waals surface area contributed by atoms with Crippen LogP contribution < -0.4 is 0 Å². The van der Waals surface area contributed by atoms with Crippen molar-refractivity contribution >= 4 is 33.6 Å². The third kappa shape index (κ3) is 4.10. The number of hydrogen-bond acceptors (Lipinski definition) is 4. The minimum Gasteiger partial charge on any atom is -0.341 e. The van der Waals surface area contributed by atoms with Gasteiger partial charge in [-0.3, -0.25) is 9.89 Å². The molecule has 1 heterocycles. The standard InChI is InChI=1S/C15H17BrN4OS/c1-20(8-10-2-6-12(16)7-3-10)13(21)9-22-15-17-14(18-19-15)11-4-5-11/h2-3,6-7,11H,4-5,8-9H2,1H3,(H,17,18,19). The summed E-state index contributed by atoms with van der Waals surface area (Å²) in [6, 6.07) is 7.99. The first-order valence-corrected chi connectivity index (χ1v) is 8.93. The van der Waals surface area contributed by atoms with Crippen LogP contribution >= 0.6 is 27.7 Å². The fraction of sp³-hybridized carbons (Fsp3) is 0.400. The zero-order chi connectivity index (χ0) is 15.5. The molecule has 1 aliphatic rings. The van der Waals surface area contributed by atoms with E-state index in [0.717, 1.165) is 15.9 Å². The Labute approximate surface area is 142 Å². The van der Waals surface area contributed by atoms with Gasteiger partial charge in [0.25, 0.3) is 0 Å². The molecule has 0 saturated heterocycles. The number of hydrogen-bond donors (Lipinski definition) is 1. The van der Waals surface area contributed by atoms with E-state index >= 15 is 0 Å². The molecule has 3 rings (SSSR count). The molecule has 5 nitrogen and oxygen atoms in total. The van der Waals surface area contributed by atoms with Crippen LogP contribution in [0.25, 0.3) is 0 Å². The van der Waals surface area contributed by atoms with Crippen molar-refractivity contribution in [2.45, 2.75) is 30.5 Å². The molecule has 7 heteroatoms. The Morgan fingerprint density at radius 1 is 1.41 bits per heavy atom. The second-order valence-electron chi connectivity index (χ2n) is 5.44. The summed E-state index contributed by atoms with van der Waals surface area (Å²) >= 11 is 4.79. The SMILES string of the molecule is CN(Cc1ccc(Br)cc1)C(=O)CSc1n[nH]c(C2CC2)n1. The van der Waals surface area contributed by atoms with E-state index in [-0.39, 0.29) is 5.91 Å². The van der Waals surface area contributed by atoms with E-state index in [0.29, 0.717) is 23.4 Å². The van der Waals surface area contributed by atoms with Gasteiger partial charge in [0.05, 0.1) is 5.75 Å². The Morgan fingerprint density at radius 3 is 2.82 bits per heavy atom. The maximum Gasteiger partial charge on any atom is 0.233 e. The van der Waals surface area contributed by atoms with Crippen LogP contribution in [0.1, 0.15) is 30.1 Å². The van der Waals surface area contributed by atoms with Gasteiger partial charge in [0.1, 0.15) is 5.82 Å². The Morgan fingerprint density at radius 2 is 2.14 bits per heavy atom. The highest BCUT2D eigenvalue weighted by atomic mass is 79.9. The lowest BCUT2D eigenvalue weighted by atomic mass is 10.2. The Hall–Kier alpha value is -1.34. The van der Waals surface area contributed by atoms with Crippen LogP contribution in [0.3, 0.4) is 0 Å². The average molecular weight is 381 g/mol. The number of rotatable bonds is 6. The molecule has 1 amide bonds. The molecule has 0 aliphatic heterocycles. The van der Waals surface area contributed by atoms with Gasteiger partial charge in [-0.1, -0.05) is 39.8 Å².